The van der Waals surface area contributed by atoms with Gasteiger partial charge in [-0.3, -0.25) is 0 Å². The van der Waals surface area contributed by atoms with Crippen LogP contribution >= 0.6 is 15.9 Å². The van der Waals surface area contributed by atoms with E-state index in [2.05, 4.69) is 35.1 Å². The summed E-state index contributed by atoms with van der Waals surface area (Å²) in [6.45, 7) is 6.90. The van der Waals surface area contributed by atoms with E-state index in [4.69, 9.17) is 4.74 Å². The zero-order valence-electron chi connectivity index (χ0n) is 8.80. The van der Waals surface area contributed by atoms with Crippen molar-refractivity contribution in [2.45, 2.75) is 26.8 Å². The van der Waals surface area contributed by atoms with E-state index in [-0.39, 0.29) is 0 Å². The maximum absolute atomic E-state index is 5.42. The smallest absolute Gasteiger partial charge is 0.133 e. The number of anilines is 1. The zero-order chi connectivity index (χ0) is 10.6. The van der Waals surface area contributed by atoms with Gasteiger partial charge in [0.15, 0.2) is 0 Å². The largest absolute Gasteiger partial charge is 0.493 e. The van der Waals surface area contributed by atoms with Gasteiger partial charge in [-0.25, -0.2) is 0 Å². The number of halogens is 1. The normalized spacial score (nSPS) is 10.4. The van der Waals surface area contributed by atoms with E-state index in [1.807, 2.05) is 25.1 Å². The van der Waals surface area contributed by atoms with Gasteiger partial charge in [-0.1, -0.05) is 0 Å². The molecule has 0 radical (unpaired) electrons. The molecule has 0 spiro atoms. The molecule has 78 valence electrons. The van der Waals surface area contributed by atoms with Gasteiger partial charge in [-0.05, 0) is 54.9 Å². The molecule has 1 rings (SSSR count). The van der Waals surface area contributed by atoms with Crippen LogP contribution in [0.1, 0.15) is 20.8 Å². The summed E-state index contributed by atoms with van der Waals surface area (Å²) >= 11 is 3.47. The Bertz CT molecular complexity index is 299. The van der Waals surface area contributed by atoms with E-state index in [1.165, 1.54) is 0 Å². The predicted molar refractivity (Wildman–Crippen MR) is 64.1 cm³/mol. The maximum atomic E-state index is 5.42. The van der Waals surface area contributed by atoms with E-state index < -0.39 is 0 Å². The average Bonchev–Trinajstić information content (AvgIpc) is 2.09. The molecule has 0 atom stereocenters. The molecule has 0 aliphatic rings. The summed E-state index contributed by atoms with van der Waals surface area (Å²) in [5.41, 5.74) is 1.11. The average molecular weight is 258 g/mol. The molecule has 1 N–H and O–H groups in total. The van der Waals surface area contributed by atoms with E-state index >= 15 is 0 Å². The first-order valence-corrected chi connectivity index (χ1v) is 5.61. The Hall–Kier alpha value is -0.700. The standard InChI is InChI=1S/C11H16BrNO/c1-4-14-11-6-5-9(7-10(11)12)13-8(2)3/h5-8,13H,4H2,1-3H3. The minimum atomic E-state index is 0.444. The van der Waals surface area contributed by atoms with Gasteiger partial charge in [0, 0.05) is 11.7 Å². The summed E-state index contributed by atoms with van der Waals surface area (Å²) < 4.78 is 6.41. The monoisotopic (exact) mass is 257 g/mol. The SMILES string of the molecule is CCOc1ccc(NC(C)C)cc1Br. The van der Waals surface area contributed by atoms with Crippen LogP contribution in [-0.4, -0.2) is 12.6 Å². The summed E-state index contributed by atoms with van der Waals surface area (Å²) in [5.74, 6) is 0.891. The third-order valence-corrected chi connectivity index (χ3v) is 2.31. The summed E-state index contributed by atoms with van der Waals surface area (Å²) in [7, 11) is 0. The summed E-state index contributed by atoms with van der Waals surface area (Å²) in [6, 6.07) is 6.47. The first-order valence-electron chi connectivity index (χ1n) is 4.82. The number of hydrogen-bond donors (Lipinski definition) is 1. The second-order valence-corrected chi connectivity index (χ2v) is 4.23. The van der Waals surface area contributed by atoms with Gasteiger partial charge in [0.05, 0.1) is 11.1 Å². The Morgan fingerprint density at radius 2 is 2.14 bits per heavy atom. The van der Waals surface area contributed by atoms with Crippen molar-refractivity contribution in [3.63, 3.8) is 0 Å². The Labute approximate surface area is 93.8 Å². The highest BCUT2D eigenvalue weighted by Gasteiger charge is 2.02. The molecule has 1 aromatic carbocycles. The minimum Gasteiger partial charge on any atom is -0.493 e. The molecule has 2 nitrogen and oxygen atoms in total. The molecule has 0 saturated carbocycles. The van der Waals surface area contributed by atoms with E-state index in [9.17, 15) is 0 Å². The Morgan fingerprint density at radius 3 is 2.64 bits per heavy atom. The molecular formula is C11H16BrNO. The molecule has 3 heteroatoms. The van der Waals surface area contributed by atoms with Gasteiger partial charge in [0.1, 0.15) is 5.75 Å². The van der Waals surface area contributed by atoms with Gasteiger partial charge in [0.2, 0.25) is 0 Å². The van der Waals surface area contributed by atoms with Crippen molar-refractivity contribution in [2.75, 3.05) is 11.9 Å². The zero-order valence-corrected chi connectivity index (χ0v) is 10.4. The molecule has 0 bridgehead atoms. The molecule has 0 fully saturated rings. The van der Waals surface area contributed by atoms with Crippen LogP contribution in [-0.2, 0) is 0 Å². The Kier molecular flexibility index (Phi) is 4.26. The second kappa shape index (κ2) is 5.25. The molecule has 0 saturated heterocycles. The van der Waals surface area contributed by atoms with Crippen LogP contribution in [0.2, 0.25) is 0 Å². The van der Waals surface area contributed by atoms with Crippen molar-refractivity contribution in [1.82, 2.24) is 0 Å². The van der Waals surface area contributed by atoms with Crippen LogP contribution in [0, 0.1) is 0 Å². The Morgan fingerprint density at radius 1 is 1.43 bits per heavy atom. The van der Waals surface area contributed by atoms with Crippen LogP contribution < -0.4 is 10.1 Å². The Balaban J connectivity index is 2.78. The molecule has 0 unspecified atom stereocenters. The molecule has 1 aromatic rings. The van der Waals surface area contributed by atoms with E-state index in [0.717, 1.165) is 15.9 Å². The first kappa shape index (κ1) is 11.4. The topological polar surface area (TPSA) is 21.3 Å². The lowest BCUT2D eigenvalue weighted by atomic mass is 10.2. The van der Waals surface area contributed by atoms with Crippen molar-refractivity contribution in [3.05, 3.63) is 22.7 Å². The highest BCUT2D eigenvalue weighted by molar-refractivity contribution is 9.10. The molecular weight excluding hydrogens is 242 g/mol. The highest BCUT2D eigenvalue weighted by Crippen LogP contribution is 2.28. The maximum Gasteiger partial charge on any atom is 0.133 e. The quantitative estimate of drug-likeness (QED) is 0.889. The van der Waals surface area contributed by atoms with Crippen LogP contribution in [0.4, 0.5) is 5.69 Å². The number of ether oxygens (including phenoxy) is 1. The van der Waals surface area contributed by atoms with Crippen LogP contribution in [0.5, 0.6) is 5.75 Å². The van der Waals surface area contributed by atoms with Crippen molar-refractivity contribution in [2.24, 2.45) is 0 Å². The molecule has 0 aliphatic carbocycles. The summed E-state index contributed by atoms with van der Waals surface area (Å²) in [5, 5.41) is 3.33. The molecule has 0 heterocycles. The molecule has 0 aliphatic heterocycles. The predicted octanol–water partition coefficient (Wildman–Crippen LogP) is 3.67. The summed E-state index contributed by atoms with van der Waals surface area (Å²) in [6.07, 6.45) is 0. The number of benzene rings is 1. The van der Waals surface area contributed by atoms with Gasteiger partial charge in [-0.2, -0.15) is 0 Å². The van der Waals surface area contributed by atoms with Crippen molar-refractivity contribution >= 4 is 21.6 Å². The van der Waals surface area contributed by atoms with Gasteiger partial charge >= 0.3 is 0 Å². The highest BCUT2D eigenvalue weighted by atomic mass is 79.9. The first-order chi connectivity index (χ1) is 6.63. The number of nitrogens with one attached hydrogen (secondary N) is 1. The third-order valence-electron chi connectivity index (χ3n) is 1.69. The van der Waals surface area contributed by atoms with Crippen LogP contribution in [0.3, 0.4) is 0 Å². The fraction of sp³-hybridized carbons (Fsp3) is 0.455. The minimum absolute atomic E-state index is 0.444. The van der Waals surface area contributed by atoms with Crippen LogP contribution in [0.25, 0.3) is 0 Å². The van der Waals surface area contributed by atoms with Gasteiger partial charge in [0.25, 0.3) is 0 Å². The van der Waals surface area contributed by atoms with Crippen molar-refractivity contribution < 1.29 is 4.74 Å². The summed E-state index contributed by atoms with van der Waals surface area (Å²) in [4.78, 5) is 0. The van der Waals surface area contributed by atoms with Gasteiger partial charge < -0.3 is 10.1 Å². The van der Waals surface area contributed by atoms with E-state index in [0.29, 0.717) is 12.6 Å². The third kappa shape index (κ3) is 3.22. The van der Waals surface area contributed by atoms with Crippen molar-refractivity contribution in [3.8, 4) is 5.75 Å². The van der Waals surface area contributed by atoms with E-state index in [1.54, 1.807) is 0 Å². The number of rotatable bonds is 4. The van der Waals surface area contributed by atoms with Crippen molar-refractivity contribution in [1.29, 1.82) is 0 Å². The lowest BCUT2D eigenvalue weighted by molar-refractivity contribution is 0.338. The number of hydrogen-bond acceptors (Lipinski definition) is 2. The fourth-order valence-electron chi connectivity index (χ4n) is 1.20. The molecule has 0 amide bonds. The molecule has 14 heavy (non-hydrogen) atoms. The van der Waals surface area contributed by atoms with Gasteiger partial charge in [-0.15, -0.1) is 0 Å². The molecule has 0 aromatic heterocycles. The van der Waals surface area contributed by atoms with Crippen LogP contribution in [0.15, 0.2) is 22.7 Å². The fourth-order valence-corrected chi connectivity index (χ4v) is 1.69. The lowest BCUT2D eigenvalue weighted by Gasteiger charge is -2.12. The second-order valence-electron chi connectivity index (χ2n) is 3.38. The lowest BCUT2D eigenvalue weighted by Crippen LogP contribution is -2.09.